The average molecular weight is 341 g/mol. The van der Waals surface area contributed by atoms with E-state index in [2.05, 4.69) is 35.1 Å². The minimum absolute atomic E-state index is 0.715. The predicted octanol–water partition coefficient (Wildman–Crippen LogP) is 4.76. The number of anilines is 2. The van der Waals surface area contributed by atoms with Gasteiger partial charge in [0.1, 0.15) is 12.4 Å². The van der Waals surface area contributed by atoms with E-state index < -0.39 is 0 Å². The monoisotopic (exact) mass is 341 g/mol. The van der Waals surface area contributed by atoms with Crippen LogP contribution < -0.4 is 10.1 Å². The zero-order chi connectivity index (χ0) is 16.8. The number of fused-ring (bicyclic) bond motifs is 1. The largest absolute Gasteiger partial charge is 0.492 e. The third-order valence-corrected chi connectivity index (χ3v) is 4.92. The van der Waals surface area contributed by atoms with Crippen molar-refractivity contribution in [3.05, 3.63) is 48.5 Å². The van der Waals surface area contributed by atoms with Crippen molar-refractivity contribution < 1.29 is 4.74 Å². The Bertz CT molecular complexity index is 733. The summed E-state index contributed by atoms with van der Waals surface area (Å²) < 4.78 is 7.00. The lowest BCUT2D eigenvalue weighted by molar-refractivity contribution is 0.223. The van der Waals surface area contributed by atoms with E-state index in [4.69, 9.17) is 4.74 Å². The highest BCUT2D eigenvalue weighted by atomic mass is 32.1. The molecule has 1 heterocycles. The number of ether oxygens (including phenoxy) is 1. The fourth-order valence-electron chi connectivity index (χ4n) is 2.52. The van der Waals surface area contributed by atoms with E-state index in [1.165, 1.54) is 4.70 Å². The third kappa shape index (κ3) is 4.24. The van der Waals surface area contributed by atoms with Crippen LogP contribution in [-0.4, -0.2) is 36.1 Å². The molecule has 0 spiro atoms. The molecule has 1 N–H and O–H groups in total. The summed E-state index contributed by atoms with van der Waals surface area (Å²) >= 11 is 1.66. The summed E-state index contributed by atoms with van der Waals surface area (Å²) in [6.45, 7) is 8.14. The van der Waals surface area contributed by atoms with Crippen LogP contribution in [0.4, 0.5) is 10.8 Å². The van der Waals surface area contributed by atoms with Gasteiger partial charge < -0.3 is 15.0 Å². The number of benzene rings is 2. The Balaban J connectivity index is 1.56. The number of aromatic nitrogens is 1. The van der Waals surface area contributed by atoms with E-state index in [1.54, 1.807) is 11.3 Å². The van der Waals surface area contributed by atoms with Crippen LogP contribution in [0, 0.1) is 0 Å². The van der Waals surface area contributed by atoms with E-state index in [9.17, 15) is 0 Å². The molecule has 0 radical (unpaired) electrons. The standard InChI is InChI=1S/C19H23N3OS/c1-3-22(4-2)13-14-23-16-11-9-15(10-12-16)20-19-21-17-7-5-6-8-18(17)24-19/h5-12H,3-4,13-14H2,1-2H3,(H,20,21). The zero-order valence-corrected chi connectivity index (χ0v) is 15.0. The Hall–Kier alpha value is -2.11. The van der Waals surface area contributed by atoms with Gasteiger partial charge in [-0.25, -0.2) is 4.98 Å². The molecular formula is C19H23N3OS. The summed E-state index contributed by atoms with van der Waals surface area (Å²) in [6.07, 6.45) is 0. The summed E-state index contributed by atoms with van der Waals surface area (Å²) in [7, 11) is 0. The molecule has 0 fully saturated rings. The number of nitrogens with one attached hydrogen (secondary N) is 1. The predicted molar refractivity (Wildman–Crippen MR) is 103 cm³/mol. The first kappa shape index (κ1) is 16.7. The molecule has 3 rings (SSSR count). The lowest BCUT2D eigenvalue weighted by Crippen LogP contribution is -2.27. The number of thiazole rings is 1. The first-order chi connectivity index (χ1) is 11.8. The second-order valence-electron chi connectivity index (χ2n) is 5.51. The second kappa shape index (κ2) is 8.13. The van der Waals surface area contributed by atoms with E-state index in [-0.39, 0.29) is 0 Å². The Kier molecular flexibility index (Phi) is 5.67. The van der Waals surface area contributed by atoms with Gasteiger partial charge in [0.05, 0.1) is 10.2 Å². The average Bonchev–Trinajstić information content (AvgIpc) is 3.02. The highest BCUT2D eigenvalue weighted by Gasteiger charge is 2.04. The van der Waals surface area contributed by atoms with Crippen molar-refractivity contribution in [2.75, 3.05) is 31.6 Å². The van der Waals surface area contributed by atoms with Crippen LogP contribution in [0.5, 0.6) is 5.75 Å². The zero-order valence-electron chi connectivity index (χ0n) is 14.2. The molecule has 24 heavy (non-hydrogen) atoms. The number of para-hydroxylation sites is 1. The quantitative estimate of drug-likeness (QED) is 0.641. The van der Waals surface area contributed by atoms with Gasteiger partial charge in [-0.3, -0.25) is 0 Å². The van der Waals surface area contributed by atoms with Crippen molar-refractivity contribution >= 4 is 32.4 Å². The van der Waals surface area contributed by atoms with Crippen molar-refractivity contribution in [2.45, 2.75) is 13.8 Å². The smallest absolute Gasteiger partial charge is 0.188 e. The van der Waals surface area contributed by atoms with Gasteiger partial charge in [0.25, 0.3) is 0 Å². The Labute approximate surface area is 147 Å². The molecular weight excluding hydrogens is 318 g/mol. The molecule has 0 bridgehead atoms. The maximum Gasteiger partial charge on any atom is 0.188 e. The third-order valence-electron chi connectivity index (χ3n) is 3.97. The molecule has 0 unspecified atom stereocenters. The summed E-state index contributed by atoms with van der Waals surface area (Å²) in [4.78, 5) is 6.94. The molecule has 2 aromatic carbocycles. The summed E-state index contributed by atoms with van der Waals surface area (Å²) in [5.41, 5.74) is 2.05. The van der Waals surface area contributed by atoms with E-state index in [0.29, 0.717) is 6.61 Å². The molecule has 1 aromatic heterocycles. The van der Waals surface area contributed by atoms with Crippen LogP contribution in [0.25, 0.3) is 10.2 Å². The Morgan fingerprint density at radius 1 is 1.04 bits per heavy atom. The van der Waals surface area contributed by atoms with Crippen LogP contribution in [0.1, 0.15) is 13.8 Å². The van der Waals surface area contributed by atoms with E-state index >= 15 is 0 Å². The molecule has 0 aliphatic carbocycles. The second-order valence-corrected chi connectivity index (χ2v) is 6.54. The van der Waals surface area contributed by atoms with Crippen molar-refractivity contribution in [3.8, 4) is 5.75 Å². The van der Waals surface area contributed by atoms with Gasteiger partial charge in [-0.05, 0) is 49.5 Å². The Morgan fingerprint density at radius 2 is 1.79 bits per heavy atom. The molecule has 0 aliphatic rings. The summed E-state index contributed by atoms with van der Waals surface area (Å²) in [5, 5.41) is 4.27. The summed E-state index contributed by atoms with van der Waals surface area (Å²) in [5.74, 6) is 0.900. The van der Waals surface area contributed by atoms with Gasteiger partial charge >= 0.3 is 0 Å². The molecule has 0 aliphatic heterocycles. The highest BCUT2D eigenvalue weighted by Crippen LogP contribution is 2.28. The minimum Gasteiger partial charge on any atom is -0.492 e. The fourth-order valence-corrected chi connectivity index (χ4v) is 3.40. The van der Waals surface area contributed by atoms with Gasteiger partial charge in [0, 0.05) is 12.2 Å². The first-order valence-corrected chi connectivity index (χ1v) is 9.18. The lowest BCUT2D eigenvalue weighted by Gasteiger charge is -2.18. The fraction of sp³-hybridized carbons (Fsp3) is 0.316. The van der Waals surface area contributed by atoms with Gasteiger partial charge in [-0.15, -0.1) is 0 Å². The topological polar surface area (TPSA) is 37.4 Å². The normalized spacial score (nSPS) is 11.1. The van der Waals surface area contributed by atoms with Crippen molar-refractivity contribution in [1.82, 2.24) is 9.88 Å². The van der Waals surface area contributed by atoms with Gasteiger partial charge in [-0.2, -0.15) is 0 Å². The van der Waals surface area contributed by atoms with E-state index in [0.717, 1.165) is 41.7 Å². The number of nitrogens with zero attached hydrogens (tertiary/aromatic N) is 2. The summed E-state index contributed by atoms with van der Waals surface area (Å²) in [6, 6.07) is 16.2. The van der Waals surface area contributed by atoms with Crippen LogP contribution in [0.15, 0.2) is 48.5 Å². The van der Waals surface area contributed by atoms with Crippen molar-refractivity contribution in [1.29, 1.82) is 0 Å². The van der Waals surface area contributed by atoms with E-state index in [1.807, 2.05) is 42.5 Å². The SMILES string of the molecule is CCN(CC)CCOc1ccc(Nc2nc3ccccc3s2)cc1. The first-order valence-electron chi connectivity index (χ1n) is 8.36. The molecule has 0 saturated carbocycles. The minimum atomic E-state index is 0.715. The van der Waals surface area contributed by atoms with Crippen molar-refractivity contribution in [2.24, 2.45) is 0 Å². The molecule has 3 aromatic rings. The van der Waals surface area contributed by atoms with Crippen LogP contribution in [-0.2, 0) is 0 Å². The Morgan fingerprint density at radius 3 is 2.50 bits per heavy atom. The number of likely N-dealkylation sites (N-methyl/N-ethyl adjacent to an activating group) is 1. The van der Waals surface area contributed by atoms with Crippen LogP contribution in [0.2, 0.25) is 0 Å². The number of hydrogen-bond acceptors (Lipinski definition) is 5. The molecule has 4 nitrogen and oxygen atoms in total. The molecule has 5 heteroatoms. The van der Waals surface area contributed by atoms with Gasteiger partial charge in [0.2, 0.25) is 0 Å². The molecule has 0 atom stereocenters. The van der Waals surface area contributed by atoms with Crippen LogP contribution in [0.3, 0.4) is 0 Å². The van der Waals surface area contributed by atoms with Crippen LogP contribution >= 0.6 is 11.3 Å². The van der Waals surface area contributed by atoms with Gasteiger partial charge in [-0.1, -0.05) is 37.3 Å². The maximum absolute atomic E-state index is 5.81. The highest BCUT2D eigenvalue weighted by molar-refractivity contribution is 7.22. The number of hydrogen-bond donors (Lipinski definition) is 1. The number of rotatable bonds is 8. The molecule has 0 saturated heterocycles. The lowest BCUT2D eigenvalue weighted by atomic mass is 10.3. The van der Waals surface area contributed by atoms with Crippen molar-refractivity contribution in [3.63, 3.8) is 0 Å². The van der Waals surface area contributed by atoms with Gasteiger partial charge in [0.15, 0.2) is 5.13 Å². The maximum atomic E-state index is 5.81. The molecule has 0 amide bonds. The molecule has 126 valence electrons.